The molecule has 0 aromatic rings. The quantitative estimate of drug-likeness (QED) is 0.107. The Bertz CT molecular complexity index is 2190. The predicted molar refractivity (Wildman–Crippen MR) is 320 cm³/mol. The molecule has 0 aromatic carbocycles. The van der Waals surface area contributed by atoms with E-state index in [-0.39, 0.29) is 74.5 Å². The fraction of sp³-hybridized carbons (Fsp3) is 0.817. The Morgan fingerprint density at radius 1 is 0.398 bits per heavy atom. The van der Waals surface area contributed by atoms with Gasteiger partial charge in [0.15, 0.2) is 0 Å². The van der Waals surface area contributed by atoms with Crippen molar-refractivity contribution in [2.24, 2.45) is 35.5 Å². The fourth-order valence-corrected chi connectivity index (χ4v) is 10.3. The van der Waals surface area contributed by atoms with E-state index in [0.717, 1.165) is 27.5 Å². The number of rotatable bonds is 18. The zero-order chi connectivity index (χ0) is 64.1. The van der Waals surface area contributed by atoms with E-state index in [4.69, 9.17) is 0 Å². The summed E-state index contributed by atoms with van der Waals surface area (Å²) in [5, 5.41) is 24.6. The lowest BCUT2D eigenvalue weighted by Gasteiger charge is -2.38. The van der Waals surface area contributed by atoms with Gasteiger partial charge in [-0.25, -0.2) is 4.79 Å². The van der Waals surface area contributed by atoms with Crippen LogP contribution in [0.4, 0.5) is 4.79 Å². The van der Waals surface area contributed by atoms with Gasteiger partial charge < -0.3 is 56.2 Å². The molecule has 0 aromatic heterocycles. The van der Waals surface area contributed by atoms with E-state index in [2.05, 4.69) is 26.6 Å². The van der Waals surface area contributed by atoms with Crippen LogP contribution in [0.3, 0.4) is 0 Å². The average Bonchev–Trinajstić information content (AvgIpc) is 3.44. The van der Waals surface area contributed by atoms with Crippen LogP contribution in [0, 0.1) is 35.5 Å². The van der Waals surface area contributed by atoms with Gasteiger partial charge in [-0.05, 0) is 87.4 Å². The maximum Gasteiger partial charge on any atom is 0.326 e. The van der Waals surface area contributed by atoms with E-state index >= 15 is 0 Å². The molecule has 476 valence electrons. The van der Waals surface area contributed by atoms with Gasteiger partial charge in [-0.1, -0.05) is 123 Å². The minimum atomic E-state index is -1.58. The fourth-order valence-electron chi connectivity index (χ4n) is 10.3. The Morgan fingerprint density at radius 3 is 1.25 bits per heavy atom. The van der Waals surface area contributed by atoms with Crippen molar-refractivity contribution in [2.75, 3.05) is 48.9 Å². The third-order valence-corrected chi connectivity index (χ3v) is 15.4. The van der Waals surface area contributed by atoms with E-state index in [0.29, 0.717) is 12.8 Å². The highest BCUT2D eigenvalue weighted by Gasteiger charge is 2.43. The first kappa shape index (κ1) is 75.1. The van der Waals surface area contributed by atoms with E-state index in [1.807, 2.05) is 76.2 Å². The third kappa shape index (κ3) is 22.6. The van der Waals surface area contributed by atoms with Gasteiger partial charge in [-0.2, -0.15) is 0 Å². The highest BCUT2D eigenvalue weighted by molar-refractivity contribution is 6.02. The number of hydrogen-bond donors (Lipinski definition) is 6. The lowest BCUT2D eigenvalue weighted by atomic mass is 9.96. The number of carbonyl (C=O) groups excluding carboxylic acids is 11. The first-order valence-electron chi connectivity index (χ1n) is 30.2. The predicted octanol–water partition coefficient (Wildman–Crippen LogP) is 3.89. The van der Waals surface area contributed by atoms with Crippen LogP contribution in [0.1, 0.15) is 174 Å². The molecule has 83 heavy (non-hydrogen) atoms. The number of amides is 12. The number of aliphatic hydroxyl groups excluding tert-OH is 1. The Kier molecular flexibility index (Phi) is 32.1. The molecule has 0 radical (unpaired) electrons. The SMILES string of the molecule is CCCCCC[C@@H]1NC(=O)[C@H](CO)N(C)C(=O)[C@H](C)NC(=O)[C@H](CC(C)C)N(C)C(=O)[C@H](CC(C)C)N(C)C(=O)[C@@H](CC(C)C)NC(=O)[C@H](CC)NC(=O)[C@H](CC(C)C)N(C)C(=O)[C@H](C(C)C)NC(=O)[C@H](CC(C)C)N(C)C(=O)N(C)C1=O. The number of aliphatic hydroxyl groups is 1. The molecule has 0 bridgehead atoms. The molecule has 1 heterocycles. The molecule has 0 unspecified atom stereocenters. The van der Waals surface area contributed by atoms with Gasteiger partial charge in [-0.3, -0.25) is 52.8 Å². The first-order valence-corrected chi connectivity index (χ1v) is 30.2. The van der Waals surface area contributed by atoms with Crippen LogP contribution in [-0.4, -0.2) is 209 Å². The second-order valence-electron chi connectivity index (χ2n) is 25.4. The largest absolute Gasteiger partial charge is 0.394 e. The molecule has 10 atom stereocenters. The summed E-state index contributed by atoms with van der Waals surface area (Å²) < 4.78 is 0. The van der Waals surface area contributed by atoms with Crippen LogP contribution in [0.25, 0.3) is 0 Å². The summed E-state index contributed by atoms with van der Waals surface area (Å²) in [6.07, 6.45) is 3.68. The molecule has 1 rings (SSSR count). The van der Waals surface area contributed by atoms with Crippen LogP contribution in [0.5, 0.6) is 0 Å². The van der Waals surface area contributed by atoms with E-state index in [1.165, 1.54) is 63.9 Å². The Balaban J connectivity index is 4.27. The zero-order valence-electron chi connectivity index (χ0n) is 54.3. The van der Waals surface area contributed by atoms with Gasteiger partial charge in [0.1, 0.15) is 60.4 Å². The average molecular weight is 1180 g/mol. The van der Waals surface area contributed by atoms with Gasteiger partial charge in [-0.15, -0.1) is 0 Å². The van der Waals surface area contributed by atoms with E-state index in [1.54, 1.807) is 20.8 Å². The van der Waals surface area contributed by atoms with Gasteiger partial charge in [0.2, 0.25) is 53.2 Å². The molecule has 1 aliphatic rings. The molecule has 12 amide bonds. The van der Waals surface area contributed by atoms with Crippen LogP contribution in [0.15, 0.2) is 0 Å². The Hall–Kier alpha value is -5.87. The summed E-state index contributed by atoms with van der Waals surface area (Å²) in [6, 6.07) is -13.3. The van der Waals surface area contributed by atoms with Crippen molar-refractivity contribution >= 4 is 65.1 Å². The molecule has 1 fully saturated rings. The lowest BCUT2D eigenvalue weighted by molar-refractivity contribution is -0.150. The molecule has 23 nitrogen and oxygen atoms in total. The second kappa shape index (κ2) is 35.4. The van der Waals surface area contributed by atoms with Crippen molar-refractivity contribution in [2.45, 2.75) is 235 Å². The number of imide groups is 1. The highest BCUT2D eigenvalue weighted by atomic mass is 16.3. The highest BCUT2D eigenvalue weighted by Crippen LogP contribution is 2.23. The van der Waals surface area contributed by atoms with Crippen molar-refractivity contribution in [1.82, 2.24) is 56.0 Å². The van der Waals surface area contributed by atoms with Crippen molar-refractivity contribution in [3.05, 3.63) is 0 Å². The number of unbranched alkanes of at least 4 members (excludes halogenated alkanes) is 3. The number of nitrogens with zero attached hydrogens (tertiary/aromatic N) is 6. The molecule has 6 N–H and O–H groups in total. The van der Waals surface area contributed by atoms with E-state index < -0.39 is 138 Å². The van der Waals surface area contributed by atoms with Gasteiger partial charge >= 0.3 is 6.03 Å². The summed E-state index contributed by atoms with van der Waals surface area (Å²) in [5.74, 6) is -8.35. The van der Waals surface area contributed by atoms with E-state index in [9.17, 15) is 57.8 Å². The van der Waals surface area contributed by atoms with Crippen molar-refractivity contribution < 1.29 is 57.8 Å². The summed E-state index contributed by atoms with van der Waals surface area (Å²) in [7, 11) is 8.19. The molecule has 23 heteroatoms. The molecule has 0 saturated carbocycles. The summed E-state index contributed by atoms with van der Waals surface area (Å²) in [5.41, 5.74) is 0. The Labute approximate surface area is 496 Å². The van der Waals surface area contributed by atoms with Crippen LogP contribution >= 0.6 is 0 Å². The van der Waals surface area contributed by atoms with Crippen LogP contribution in [-0.2, 0) is 47.9 Å². The summed E-state index contributed by atoms with van der Waals surface area (Å²) in [6.45, 7) is 26.3. The molecule has 0 spiro atoms. The minimum Gasteiger partial charge on any atom is -0.394 e. The molecule has 1 aliphatic heterocycles. The van der Waals surface area contributed by atoms with Crippen LogP contribution in [0.2, 0.25) is 0 Å². The Morgan fingerprint density at radius 2 is 0.795 bits per heavy atom. The maximum atomic E-state index is 14.9. The number of nitrogens with one attached hydrogen (secondary N) is 5. The topological polar surface area (TPSA) is 288 Å². The maximum absolute atomic E-state index is 14.9. The van der Waals surface area contributed by atoms with Crippen molar-refractivity contribution in [1.29, 1.82) is 0 Å². The monoisotopic (exact) mass is 1180 g/mol. The van der Waals surface area contributed by atoms with Gasteiger partial charge in [0.25, 0.3) is 5.91 Å². The van der Waals surface area contributed by atoms with Gasteiger partial charge in [0.05, 0.1) is 6.61 Å². The lowest BCUT2D eigenvalue weighted by Crippen LogP contribution is -2.62. The minimum absolute atomic E-state index is 0.0713. The standard InChI is InChI=1S/C60H109N11O12/c1-22-24-25-26-27-42-56(79)71(21)60(83)70(20)46(31-37(9)10)53(76)65-49(39(13)14)59(82)67(17)45(30-36(7)8)52(75)62-41(23-2)50(73)64-43(28-34(3)4)57(80)68(18)47(32-38(11)12)58(81)66(16)44(29-35(5)6)51(74)61-40(15)55(78)69(19)48(33-72)54(77)63-42/h34-49,72H,22-33H2,1-21H3,(H,61,74)(H,62,75)(H,63,77)(H,64,73)(H,65,76)/t40-,41-,42-,43+,44-,45-,46-,47-,48-,49-/m0/s1. The smallest absolute Gasteiger partial charge is 0.326 e. The van der Waals surface area contributed by atoms with Crippen LogP contribution < -0.4 is 26.6 Å². The van der Waals surface area contributed by atoms with Crippen molar-refractivity contribution in [3.8, 4) is 0 Å². The summed E-state index contributed by atoms with van der Waals surface area (Å²) in [4.78, 5) is 166. The molecular weight excluding hydrogens is 1070 g/mol. The number of hydrogen-bond acceptors (Lipinski definition) is 12. The second-order valence-corrected chi connectivity index (χ2v) is 25.4. The van der Waals surface area contributed by atoms with Crippen molar-refractivity contribution in [3.63, 3.8) is 0 Å². The number of carbonyl (C=O) groups is 11. The number of urea groups is 1. The van der Waals surface area contributed by atoms with Gasteiger partial charge in [0, 0.05) is 42.3 Å². The molecule has 0 aliphatic carbocycles. The zero-order valence-corrected chi connectivity index (χ0v) is 54.3. The molecular formula is C60H109N11O12. The third-order valence-electron chi connectivity index (χ3n) is 15.4. The normalized spacial score (nSPS) is 26.1. The first-order chi connectivity index (χ1) is 38.5. The number of likely N-dealkylation sites (N-methyl/N-ethyl adjacent to an activating group) is 6. The summed E-state index contributed by atoms with van der Waals surface area (Å²) >= 11 is 0. The molecule has 1 saturated heterocycles.